The number of rotatable bonds is 7. The van der Waals surface area contributed by atoms with Gasteiger partial charge in [-0.05, 0) is 19.4 Å². The van der Waals surface area contributed by atoms with Crippen LogP contribution >= 0.6 is 0 Å². The van der Waals surface area contributed by atoms with Crippen LogP contribution in [0, 0.1) is 0 Å². The number of aromatic nitrogens is 1. The first-order valence-corrected chi connectivity index (χ1v) is 8.78. The van der Waals surface area contributed by atoms with Crippen molar-refractivity contribution in [1.82, 2.24) is 3.97 Å². The van der Waals surface area contributed by atoms with Crippen LogP contribution in [0.15, 0.2) is 30.5 Å². The fourth-order valence-electron chi connectivity index (χ4n) is 2.34. The number of anilines is 1. The van der Waals surface area contributed by atoms with E-state index in [0.29, 0.717) is 6.42 Å². The van der Waals surface area contributed by atoms with Crippen molar-refractivity contribution in [3.05, 3.63) is 30.5 Å². The maximum Gasteiger partial charge on any atom is 0.239 e. The zero-order valence-electron chi connectivity index (χ0n) is 12.1. The van der Waals surface area contributed by atoms with Gasteiger partial charge in [0.2, 0.25) is 10.0 Å². The Hall–Kier alpha value is -1.49. The zero-order chi connectivity index (χ0) is 14.6. The summed E-state index contributed by atoms with van der Waals surface area (Å²) in [5.74, 6) is 0.199. The molecule has 0 fully saturated rings. The van der Waals surface area contributed by atoms with Gasteiger partial charge in [0.25, 0.3) is 0 Å². The highest BCUT2D eigenvalue weighted by Gasteiger charge is 2.18. The predicted octanol–water partition coefficient (Wildman–Crippen LogP) is 3.44. The first-order chi connectivity index (χ1) is 9.60. The summed E-state index contributed by atoms with van der Waals surface area (Å²) in [5.41, 5.74) is 1.63. The standard InChI is InChI=1S/C15H22N2O2S/c1-3-5-8-11-20(18,19)17-12-14(16-4-2)13-9-6-7-10-15(13)17/h6-7,9-10,12,16H,3-5,8,11H2,1-2H3. The van der Waals surface area contributed by atoms with Crippen molar-refractivity contribution in [1.29, 1.82) is 0 Å². The highest BCUT2D eigenvalue weighted by Crippen LogP contribution is 2.27. The molecule has 1 aromatic heterocycles. The lowest BCUT2D eigenvalue weighted by Gasteiger charge is -2.06. The lowest BCUT2D eigenvalue weighted by Crippen LogP contribution is -2.15. The molecule has 0 aliphatic carbocycles. The van der Waals surface area contributed by atoms with Gasteiger partial charge in [-0.3, -0.25) is 0 Å². The Bertz CT molecular complexity index is 674. The molecule has 0 aliphatic heterocycles. The SMILES string of the molecule is CCCCCS(=O)(=O)n1cc(NCC)c2ccccc21. The molecule has 0 amide bonds. The monoisotopic (exact) mass is 294 g/mol. The topological polar surface area (TPSA) is 51.1 Å². The number of fused-ring (bicyclic) bond motifs is 1. The first-order valence-electron chi connectivity index (χ1n) is 7.17. The van der Waals surface area contributed by atoms with Crippen molar-refractivity contribution < 1.29 is 8.42 Å². The Balaban J connectivity index is 2.43. The minimum absolute atomic E-state index is 0.199. The number of hydrogen-bond acceptors (Lipinski definition) is 3. The minimum Gasteiger partial charge on any atom is -0.384 e. The fraction of sp³-hybridized carbons (Fsp3) is 0.467. The van der Waals surface area contributed by atoms with E-state index in [1.165, 1.54) is 3.97 Å². The first kappa shape index (κ1) is 14.9. The van der Waals surface area contributed by atoms with E-state index >= 15 is 0 Å². The highest BCUT2D eigenvalue weighted by atomic mass is 32.2. The van der Waals surface area contributed by atoms with Crippen molar-refractivity contribution in [3.63, 3.8) is 0 Å². The van der Waals surface area contributed by atoms with E-state index in [-0.39, 0.29) is 5.75 Å². The Morgan fingerprint density at radius 1 is 1.15 bits per heavy atom. The van der Waals surface area contributed by atoms with Crippen LogP contribution in [0.4, 0.5) is 5.69 Å². The molecule has 4 nitrogen and oxygen atoms in total. The molecule has 2 aromatic rings. The number of unbranched alkanes of at least 4 members (excludes halogenated alkanes) is 2. The van der Waals surface area contributed by atoms with Gasteiger partial charge in [-0.1, -0.05) is 38.0 Å². The van der Waals surface area contributed by atoms with Crippen LogP contribution in [-0.4, -0.2) is 24.7 Å². The van der Waals surface area contributed by atoms with E-state index in [2.05, 4.69) is 12.2 Å². The number of nitrogens with one attached hydrogen (secondary N) is 1. The second-order valence-corrected chi connectivity index (χ2v) is 6.87. The van der Waals surface area contributed by atoms with E-state index in [0.717, 1.165) is 36.0 Å². The van der Waals surface area contributed by atoms with Crippen LogP contribution in [0.25, 0.3) is 10.9 Å². The maximum atomic E-state index is 12.5. The normalized spacial score (nSPS) is 11.9. The van der Waals surface area contributed by atoms with Gasteiger partial charge in [0.15, 0.2) is 0 Å². The van der Waals surface area contributed by atoms with Gasteiger partial charge in [-0.15, -0.1) is 0 Å². The van der Waals surface area contributed by atoms with Crippen molar-refractivity contribution in [2.75, 3.05) is 17.6 Å². The maximum absolute atomic E-state index is 12.5. The molecule has 20 heavy (non-hydrogen) atoms. The summed E-state index contributed by atoms with van der Waals surface area (Å²) < 4.78 is 26.4. The van der Waals surface area contributed by atoms with Crippen molar-refractivity contribution in [2.24, 2.45) is 0 Å². The van der Waals surface area contributed by atoms with Crippen LogP contribution < -0.4 is 5.32 Å². The van der Waals surface area contributed by atoms with Gasteiger partial charge >= 0.3 is 0 Å². The Labute approximate surface area is 120 Å². The molecular formula is C15H22N2O2S. The van der Waals surface area contributed by atoms with E-state index in [1.54, 1.807) is 6.20 Å². The van der Waals surface area contributed by atoms with Crippen LogP contribution in [0.5, 0.6) is 0 Å². The van der Waals surface area contributed by atoms with Gasteiger partial charge in [0.1, 0.15) is 0 Å². The summed E-state index contributed by atoms with van der Waals surface area (Å²) >= 11 is 0. The van der Waals surface area contributed by atoms with E-state index in [1.807, 2.05) is 31.2 Å². The summed E-state index contributed by atoms with van der Waals surface area (Å²) in [5, 5.41) is 4.18. The van der Waals surface area contributed by atoms with E-state index < -0.39 is 10.0 Å². The molecule has 0 saturated carbocycles. The third kappa shape index (κ3) is 2.98. The molecule has 2 rings (SSSR count). The molecule has 0 unspecified atom stereocenters. The van der Waals surface area contributed by atoms with Crippen molar-refractivity contribution >= 4 is 26.6 Å². The third-order valence-electron chi connectivity index (χ3n) is 3.35. The summed E-state index contributed by atoms with van der Waals surface area (Å²) in [6.45, 7) is 4.84. The molecule has 0 aliphatic rings. The fourth-order valence-corrected chi connectivity index (χ4v) is 3.83. The van der Waals surface area contributed by atoms with Gasteiger partial charge in [-0.2, -0.15) is 0 Å². The molecule has 110 valence electrons. The molecule has 1 aromatic carbocycles. The van der Waals surface area contributed by atoms with Crippen molar-refractivity contribution in [2.45, 2.75) is 33.1 Å². The zero-order valence-corrected chi connectivity index (χ0v) is 12.9. The average molecular weight is 294 g/mol. The summed E-state index contributed by atoms with van der Waals surface area (Å²) in [6.07, 6.45) is 4.38. The molecule has 5 heteroatoms. The lowest BCUT2D eigenvalue weighted by atomic mass is 10.2. The summed E-state index contributed by atoms with van der Waals surface area (Å²) in [4.78, 5) is 0. The number of benzene rings is 1. The number of para-hydroxylation sites is 1. The van der Waals surface area contributed by atoms with Crippen LogP contribution in [0.3, 0.4) is 0 Å². The van der Waals surface area contributed by atoms with Crippen LogP contribution in [-0.2, 0) is 10.0 Å². The average Bonchev–Trinajstić information content (AvgIpc) is 2.80. The van der Waals surface area contributed by atoms with Crippen LogP contribution in [0.2, 0.25) is 0 Å². The molecule has 0 radical (unpaired) electrons. The lowest BCUT2D eigenvalue weighted by molar-refractivity contribution is 0.584. The van der Waals surface area contributed by atoms with Gasteiger partial charge in [-0.25, -0.2) is 12.4 Å². The van der Waals surface area contributed by atoms with Gasteiger partial charge in [0.05, 0.1) is 17.0 Å². The highest BCUT2D eigenvalue weighted by molar-refractivity contribution is 7.90. The van der Waals surface area contributed by atoms with Gasteiger partial charge < -0.3 is 5.32 Å². The molecule has 1 N–H and O–H groups in total. The third-order valence-corrected chi connectivity index (χ3v) is 5.06. The quantitative estimate of drug-likeness (QED) is 0.796. The second-order valence-electron chi connectivity index (χ2n) is 4.91. The molecule has 1 heterocycles. The van der Waals surface area contributed by atoms with Crippen LogP contribution in [0.1, 0.15) is 33.1 Å². The molecule has 0 spiro atoms. The van der Waals surface area contributed by atoms with E-state index in [9.17, 15) is 8.42 Å². The predicted molar refractivity (Wildman–Crippen MR) is 84.8 cm³/mol. The molecule has 0 atom stereocenters. The summed E-state index contributed by atoms with van der Waals surface area (Å²) in [6, 6.07) is 7.60. The van der Waals surface area contributed by atoms with E-state index in [4.69, 9.17) is 0 Å². The smallest absolute Gasteiger partial charge is 0.239 e. The Kier molecular flexibility index (Phi) is 4.70. The Morgan fingerprint density at radius 3 is 2.60 bits per heavy atom. The molecule has 0 saturated heterocycles. The Morgan fingerprint density at radius 2 is 1.90 bits per heavy atom. The molecule has 0 bridgehead atoms. The molecular weight excluding hydrogens is 272 g/mol. The summed E-state index contributed by atoms with van der Waals surface area (Å²) in [7, 11) is -3.28. The number of hydrogen-bond donors (Lipinski definition) is 1. The number of nitrogens with zero attached hydrogens (tertiary/aromatic N) is 1. The largest absolute Gasteiger partial charge is 0.384 e. The minimum atomic E-state index is -3.28. The second kappa shape index (κ2) is 6.31. The van der Waals surface area contributed by atoms with Crippen molar-refractivity contribution in [3.8, 4) is 0 Å². The van der Waals surface area contributed by atoms with Gasteiger partial charge in [0, 0.05) is 18.1 Å².